The van der Waals surface area contributed by atoms with E-state index in [-0.39, 0.29) is 23.5 Å². The van der Waals surface area contributed by atoms with E-state index in [9.17, 15) is 9.59 Å². The monoisotopic (exact) mass is 417 g/mol. The first-order valence-corrected chi connectivity index (χ1v) is 9.87. The van der Waals surface area contributed by atoms with Gasteiger partial charge < -0.3 is 15.0 Å². The molecule has 0 fully saturated rings. The van der Waals surface area contributed by atoms with Crippen LogP contribution >= 0.6 is 0 Å². The zero-order valence-electron chi connectivity index (χ0n) is 17.5. The Morgan fingerprint density at radius 3 is 2.77 bits per heavy atom. The van der Waals surface area contributed by atoms with Crippen molar-refractivity contribution in [2.75, 3.05) is 11.9 Å². The summed E-state index contributed by atoms with van der Waals surface area (Å²) in [6.45, 7) is 6.23. The average Bonchev–Trinajstić information content (AvgIpc) is 3.18. The predicted octanol–water partition coefficient (Wildman–Crippen LogP) is 3.42. The molecule has 0 saturated heterocycles. The summed E-state index contributed by atoms with van der Waals surface area (Å²) in [6, 6.07) is 14.9. The van der Waals surface area contributed by atoms with Crippen molar-refractivity contribution < 1.29 is 9.53 Å². The molecule has 0 radical (unpaired) electrons. The summed E-state index contributed by atoms with van der Waals surface area (Å²) in [6.07, 6.45) is 2.77. The van der Waals surface area contributed by atoms with E-state index >= 15 is 0 Å². The zero-order valence-corrected chi connectivity index (χ0v) is 17.5. The first kappa shape index (κ1) is 20.3. The van der Waals surface area contributed by atoms with E-state index in [1.54, 1.807) is 18.2 Å². The van der Waals surface area contributed by atoms with Gasteiger partial charge in [0.1, 0.15) is 11.1 Å². The van der Waals surface area contributed by atoms with Gasteiger partial charge in [-0.15, -0.1) is 0 Å². The Morgan fingerprint density at radius 2 is 1.97 bits per heavy atom. The summed E-state index contributed by atoms with van der Waals surface area (Å²) in [5.74, 6) is 0.327. The topological polar surface area (TPSA) is 102 Å². The highest BCUT2D eigenvalue weighted by Crippen LogP contribution is 2.26. The van der Waals surface area contributed by atoms with Crippen LogP contribution in [0.5, 0.6) is 5.75 Å². The molecular formula is C23H23N5O3. The number of carbonyl (C=O) groups is 1. The van der Waals surface area contributed by atoms with Crippen LogP contribution in [-0.2, 0) is 10.2 Å². The normalized spacial score (nSPS) is 11.5. The maximum absolute atomic E-state index is 12.6. The van der Waals surface area contributed by atoms with Gasteiger partial charge in [-0.2, -0.15) is 5.10 Å². The fourth-order valence-corrected chi connectivity index (χ4v) is 3.18. The summed E-state index contributed by atoms with van der Waals surface area (Å²) in [4.78, 5) is 31.3. The van der Waals surface area contributed by atoms with E-state index in [1.165, 1.54) is 17.2 Å². The number of amides is 1. The van der Waals surface area contributed by atoms with E-state index in [4.69, 9.17) is 4.74 Å². The van der Waals surface area contributed by atoms with Crippen molar-refractivity contribution in [3.63, 3.8) is 0 Å². The molecule has 2 N–H and O–H groups in total. The van der Waals surface area contributed by atoms with E-state index in [0.717, 1.165) is 5.56 Å². The van der Waals surface area contributed by atoms with Crippen LogP contribution in [0, 0.1) is 0 Å². The summed E-state index contributed by atoms with van der Waals surface area (Å²) in [7, 11) is 0. The molecule has 0 atom stereocenters. The Kier molecular flexibility index (Phi) is 5.29. The van der Waals surface area contributed by atoms with Crippen LogP contribution in [0.25, 0.3) is 16.7 Å². The second-order valence-electron chi connectivity index (χ2n) is 8.16. The summed E-state index contributed by atoms with van der Waals surface area (Å²) >= 11 is 0. The molecule has 2 aromatic carbocycles. The molecule has 0 aliphatic heterocycles. The minimum atomic E-state index is -0.309. The Bertz CT molecular complexity index is 1300. The van der Waals surface area contributed by atoms with E-state index in [2.05, 4.69) is 41.2 Å². The second-order valence-corrected chi connectivity index (χ2v) is 8.16. The number of ether oxygens (including phenoxy) is 1. The number of nitrogens with one attached hydrogen (secondary N) is 2. The van der Waals surface area contributed by atoms with Crippen LogP contribution in [0.1, 0.15) is 26.3 Å². The standard InChI is InChI=1S/C23H23N5O3/c1-23(2,3)15-7-6-8-16(11-15)31-13-20(29)27-18-9-4-5-10-19(18)28-21-17(12-26-28)22(30)25-14-24-21/h4-12,14H,13H2,1-3H3,(H,27,29)(H,24,25,30). The van der Waals surface area contributed by atoms with Crippen LogP contribution in [0.2, 0.25) is 0 Å². The smallest absolute Gasteiger partial charge is 0.262 e. The quantitative estimate of drug-likeness (QED) is 0.518. The predicted molar refractivity (Wildman–Crippen MR) is 119 cm³/mol. The van der Waals surface area contributed by atoms with Gasteiger partial charge in [0.25, 0.3) is 11.5 Å². The SMILES string of the molecule is CC(C)(C)c1cccc(OCC(=O)Nc2ccccc2-n2ncc3c(=O)[nH]cnc32)c1. The number of carbonyl (C=O) groups excluding carboxylic acids is 1. The van der Waals surface area contributed by atoms with Gasteiger partial charge in [0.15, 0.2) is 12.3 Å². The van der Waals surface area contributed by atoms with Crippen LogP contribution in [0.3, 0.4) is 0 Å². The number of rotatable bonds is 5. The molecule has 0 spiro atoms. The number of aromatic nitrogens is 4. The van der Waals surface area contributed by atoms with Crippen molar-refractivity contribution in [1.29, 1.82) is 0 Å². The van der Waals surface area contributed by atoms with Crippen molar-refractivity contribution in [3.8, 4) is 11.4 Å². The number of hydrogen-bond acceptors (Lipinski definition) is 5. The third-order valence-electron chi connectivity index (χ3n) is 4.85. The lowest BCUT2D eigenvalue weighted by Crippen LogP contribution is -2.21. The molecule has 8 heteroatoms. The van der Waals surface area contributed by atoms with Crippen molar-refractivity contribution in [1.82, 2.24) is 19.7 Å². The van der Waals surface area contributed by atoms with Crippen LogP contribution in [0.15, 0.2) is 65.8 Å². The van der Waals surface area contributed by atoms with E-state index in [0.29, 0.717) is 28.2 Å². The largest absolute Gasteiger partial charge is 0.484 e. The van der Waals surface area contributed by atoms with Gasteiger partial charge in [-0.25, -0.2) is 9.67 Å². The van der Waals surface area contributed by atoms with Gasteiger partial charge in [-0.05, 0) is 35.2 Å². The number of anilines is 1. The first-order chi connectivity index (χ1) is 14.8. The molecule has 0 unspecified atom stereocenters. The summed E-state index contributed by atoms with van der Waals surface area (Å²) in [5.41, 5.74) is 2.38. The Hall–Kier alpha value is -3.94. The Balaban J connectivity index is 1.52. The third-order valence-corrected chi connectivity index (χ3v) is 4.85. The number of benzene rings is 2. The van der Waals surface area contributed by atoms with Crippen LogP contribution in [0.4, 0.5) is 5.69 Å². The lowest BCUT2D eigenvalue weighted by molar-refractivity contribution is -0.118. The van der Waals surface area contributed by atoms with E-state index in [1.807, 2.05) is 30.3 Å². The van der Waals surface area contributed by atoms with Crippen LogP contribution < -0.4 is 15.6 Å². The Morgan fingerprint density at radius 1 is 1.16 bits per heavy atom. The first-order valence-electron chi connectivity index (χ1n) is 9.87. The highest BCUT2D eigenvalue weighted by molar-refractivity contribution is 5.94. The van der Waals surface area contributed by atoms with Gasteiger partial charge in [0, 0.05) is 0 Å². The number of hydrogen-bond donors (Lipinski definition) is 2. The highest BCUT2D eigenvalue weighted by atomic mass is 16.5. The number of aromatic amines is 1. The number of H-pyrrole nitrogens is 1. The Labute approximate surface area is 178 Å². The molecular weight excluding hydrogens is 394 g/mol. The van der Waals surface area contributed by atoms with Crippen molar-refractivity contribution in [2.45, 2.75) is 26.2 Å². The van der Waals surface area contributed by atoms with E-state index < -0.39 is 0 Å². The molecule has 8 nitrogen and oxygen atoms in total. The highest BCUT2D eigenvalue weighted by Gasteiger charge is 2.16. The second kappa shape index (κ2) is 8.06. The molecule has 0 saturated carbocycles. The molecule has 31 heavy (non-hydrogen) atoms. The van der Waals surface area contributed by atoms with Crippen LogP contribution in [-0.4, -0.2) is 32.3 Å². The number of para-hydroxylation sites is 2. The van der Waals surface area contributed by atoms with Gasteiger partial charge in [-0.1, -0.05) is 45.0 Å². The van der Waals surface area contributed by atoms with Crippen molar-refractivity contribution in [3.05, 3.63) is 77.0 Å². The van der Waals surface area contributed by atoms with Gasteiger partial charge >= 0.3 is 0 Å². The molecule has 0 bridgehead atoms. The molecule has 2 heterocycles. The average molecular weight is 417 g/mol. The maximum atomic E-state index is 12.6. The molecule has 0 aliphatic carbocycles. The van der Waals surface area contributed by atoms with Gasteiger partial charge in [0.2, 0.25) is 0 Å². The summed E-state index contributed by atoms with van der Waals surface area (Å²) in [5, 5.41) is 7.49. The van der Waals surface area contributed by atoms with Crippen molar-refractivity contribution >= 4 is 22.6 Å². The molecule has 1 amide bonds. The number of fused-ring (bicyclic) bond motifs is 1. The lowest BCUT2D eigenvalue weighted by Gasteiger charge is -2.19. The lowest BCUT2D eigenvalue weighted by atomic mass is 9.87. The third kappa shape index (κ3) is 4.32. The molecule has 4 aromatic rings. The van der Waals surface area contributed by atoms with Gasteiger partial charge in [0.05, 0.1) is 23.9 Å². The minimum absolute atomic E-state index is 0.0111. The molecule has 4 rings (SSSR count). The molecule has 158 valence electrons. The molecule has 2 aromatic heterocycles. The fraction of sp³-hybridized carbons (Fsp3) is 0.217. The summed E-state index contributed by atoms with van der Waals surface area (Å²) < 4.78 is 7.22. The van der Waals surface area contributed by atoms with Gasteiger partial charge in [-0.3, -0.25) is 9.59 Å². The van der Waals surface area contributed by atoms with Crippen molar-refractivity contribution in [2.24, 2.45) is 0 Å². The molecule has 0 aliphatic rings. The fourth-order valence-electron chi connectivity index (χ4n) is 3.18. The maximum Gasteiger partial charge on any atom is 0.262 e. The zero-order chi connectivity index (χ0) is 22.0. The number of nitrogens with zero attached hydrogens (tertiary/aromatic N) is 3. The minimum Gasteiger partial charge on any atom is -0.484 e.